The minimum absolute atomic E-state index is 0.0992. The lowest BCUT2D eigenvalue weighted by Crippen LogP contribution is -2.52. The number of hydrogen-bond acceptors (Lipinski definition) is 5. The summed E-state index contributed by atoms with van der Waals surface area (Å²) in [5, 5.41) is 0. The summed E-state index contributed by atoms with van der Waals surface area (Å²) >= 11 is 0. The van der Waals surface area contributed by atoms with Crippen LogP contribution in [0.15, 0.2) is 36.5 Å². The molecule has 142 valence electrons. The van der Waals surface area contributed by atoms with Gasteiger partial charge in [-0.15, -0.1) is 0 Å². The number of carbonyl (C=O) groups excluding carboxylic acids is 1. The van der Waals surface area contributed by atoms with Crippen LogP contribution in [0.4, 0.5) is 5.95 Å². The summed E-state index contributed by atoms with van der Waals surface area (Å²) in [5.74, 6) is 0.338. The fourth-order valence-corrected chi connectivity index (χ4v) is 4.27. The highest BCUT2D eigenvalue weighted by molar-refractivity contribution is 5.95. The lowest BCUT2D eigenvalue weighted by atomic mass is 9.94. The maximum Gasteiger partial charge on any atom is 0.253 e. The molecule has 0 radical (unpaired) electrons. The van der Waals surface area contributed by atoms with Crippen molar-refractivity contribution in [2.45, 2.75) is 38.1 Å². The van der Waals surface area contributed by atoms with Crippen LogP contribution in [0, 0.1) is 0 Å². The number of rotatable bonds is 3. The molecule has 6 nitrogen and oxygen atoms in total. The zero-order chi connectivity index (χ0) is 18.6. The molecule has 2 N–H and O–H groups in total. The van der Waals surface area contributed by atoms with Crippen LogP contribution in [-0.2, 0) is 0 Å². The number of carbonyl (C=O) groups is 1. The highest BCUT2D eigenvalue weighted by Gasteiger charge is 2.27. The largest absolute Gasteiger partial charge is 0.368 e. The van der Waals surface area contributed by atoms with Gasteiger partial charge in [0.25, 0.3) is 5.91 Å². The van der Waals surface area contributed by atoms with Gasteiger partial charge in [-0.25, -0.2) is 9.97 Å². The Morgan fingerprint density at radius 3 is 2.56 bits per heavy atom. The van der Waals surface area contributed by atoms with Gasteiger partial charge in [-0.2, -0.15) is 0 Å². The summed E-state index contributed by atoms with van der Waals surface area (Å²) in [5.41, 5.74) is 8.01. The lowest BCUT2D eigenvalue weighted by Gasteiger charge is -2.40. The molecule has 0 spiro atoms. The van der Waals surface area contributed by atoms with E-state index >= 15 is 0 Å². The normalized spacial score (nSPS) is 19.2. The van der Waals surface area contributed by atoms with Gasteiger partial charge in [-0.3, -0.25) is 9.69 Å². The number of benzene rings is 1. The molecule has 1 saturated heterocycles. The van der Waals surface area contributed by atoms with Crippen molar-refractivity contribution in [2.75, 3.05) is 31.9 Å². The molecule has 2 aromatic rings. The Labute approximate surface area is 160 Å². The predicted octanol–water partition coefficient (Wildman–Crippen LogP) is 2.82. The second-order valence-electron chi connectivity index (χ2n) is 7.50. The summed E-state index contributed by atoms with van der Waals surface area (Å²) in [6, 6.07) is 10.2. The standard InChI is InChI=1S/C21H27N5O/c22-21-23-10-9-19(24-21)16-5-4-6-17(15-16)20(27)26-13-11-25(12-14-26)18-7-2-1-3-8-18/h4-6,9-10,15,18H,1-3,7-8,11-14H2,(H2,22,23,24). The van der Waals surface area contributed by atoms with Crippen LogP contribution in [-0.4, -0.2) is 57.9 Å². The van der Waals surface area contributed by atoms with E-state index in [0.29, 0.717) is 5.56 Å². The van der Waals surface area contributed by atoms with Crippen molar-refractivity contribution in [1.29, 1.82) is 0 Å². The molecule has 27 heavy (non-hydrogen) atoms. The molecule has 1 amide bonds. The van der Waals surface area contributed by atoms with Crippen molar-refractivity contribution in [3.05, 3.63) is 42.1 Å². The molecule has 1 aliphatic heterocycles. The smallest absolute Gasteiger partial charge is 0.253 e. The van der Waals surface area contributed by atoms with Gasteiger partial charge in [0.2, 0.25) is 5.95 Å². The van der Waals surface area contributed by atoms with Crippen LogP contribution >= 0.6 is 0 Å². The highest BCUT2D eigenvalue weighted by atomic mass is 16.2. The van der Waals surface area contributed by atoms with E-state index in [1.807, 2.05) is 35.2 Å². The third kappa shape index (κ3) is 4.11. The number of amides is 1. The average Bonchev–Trinajstić information content (AvgIpc) is 2.74. The monoisotopic (exact) mass is 365 g/mol. The zero-order valence-electron chi connectivity index (χ0n) is 15.7. The third-order valence-electron chi connectivity index (χ3n) is 5.77. The second-order valence-corrected chi connectivity index (χ2v) is 7.50. The quantitative estimate of drug-likeness (QED) is 0.905. The molecule has 2 fully saturated rings. The van der Waals surface area contributed by atoms with Crippen molar-refractivity contribution in [3.8, 4) is 11.3 Å². The molecule has 0 atom stereocenters. The maximum atomic E-state index is 13.0. The molecular formula is C21H27N5O. The summed E-state index contributed by atoms with van der Waals surface area (Å²) in [6.07, 6.45) is 8.35. The van der Waals surface area contributed by atoms with Gasteiger partial charge in [0.15, 0.2) is 0 Å². The van der Waals surface area contributed by atoms with E-state index in [0.717, 1.165) is 43.5 Å². The molecule has 1 saturated carbocycles. The first-order valence-electron chi connectivity index (χ1n) is 9.93. The molecule has 1 aliphatic carbocycles. The van der Waals surface area contributed by atoms with Crippen molar-refractivity contribution in [3.63, 3.8) is 0 Å². The number of anilines is 1. The highest BCUT2D eigenvalue weighted by Crippen LogP contribution is 2.24. The Kier molecular flexibility index (Phi) is 5.34. The molecule has 1 aromatic carbocycles. The van der Waals surface area contributed by atoms with E-state index in [4.69, 9.17) is 5.73 Å². The molecule has 6 heteroatoms. The molecular weight excluding hydrogens is 338 g/mol. The fourth-order valence-electron chi connectivity index (χ4n) is 4.27. The Hall–Kier alpha value is -2.47. The summed E-state index contributed by atoms with van der Waals surface area (Å²) in [6.45, 7) is 3.58. The molecule has 0 bridgehead atoms. The number of piperazine rings is 1. The van der Waals surface area contributed by atoms with Crippen LogP contribution in [0.3, 0.4) is 0 Å². The van der Waals surface area contributed by atoms with Gasteiger partial charge < -0.3 is 10.6 Å². The van der Waals surface area contributed by atoms with Gasteiger partial charge in [-0.1, -0.05) is 31.4 Å². The van der Waals surface area contributed by atoms with E-state index < -0.39 is 0 Å². The van der Waals surface area contributed by atoms with Crippen LogP contribution in [0.2, 0.25) is 0 Å². The number of aromatic nitrogens is 2. The third-order valence-corrected chi connectivity index (χ3v) is 5.77. The van der Waals surface area contributed by atoms with Gasteiger partial charge in [0.05, 0.1) is 5.69 Å². The number of nitrogens with zero attached hydrogens (tertiary/aromatic N) is 4. The minimum Gasteiger partial charge on any atom is -0.368 e. The second kappa shape index (κ2) is 8.05. The van der Waals surface area contributed by atoms with Crippen molar-refractivity contribution in [2.24, 2.45) is 0 Å². The fraction of sp³-hybridized carbons (Fsp3) is 0.476. The SMILES string of the molecule is Nc1nccc(-c2cccc(C(=O)N3CCN(C4CCCCC4)CC3)c2)n1. The van der Waals surface area contributed by atoms with Gasteiger partial charge in [0, 0.05) is 49.5 Å². The summed E-state index contributed by atoms with van der Waals surface area (Å²) in [7, 11) is 0. The minimum atomic E-state index is 0.0992. The van der Waals surface area contributed by atoms with Crippen LogP contribution < -0.4 is 5.73 Å². The first-order chi connectivity index (χ1) is 13.2. The summed E-state index contributed by atoms with van der Waals surface area (Å²) in [4.78, 5) is 25.7. The molecule has 2 heterocycles. The summed E-state index contributed by atoms with van der Waals surface area (Å²) < 4.78 is 0. The van der Waals surface area contributed by atoms with E-state index in [2.05, 4.69) is 14.9 Å². The predicted molar refractivity (Wildman–Crippen MR) is 106 cm³/mol. The van der Waals surface area contributed by atoms with E-state index in [1.54, 1.807) is 6.20 Å². The maximum absolute atomic E-state index is 13.0. The first kappa shape index (κ1) is 17.9. The molecule has 1 aromatic heterocycles. The average molecular weight is 365 g/mol. The van der Waals surface area contributed by atoms with Crippen LogP contribution in [0.5, 0.6) is 0 Å². The molecule has 2 aliphatic rings. The Morgan fingerprint density at radius 1 is 1.04 bits per heavy atom. The number of nitrogen functional groups attached to an aromatic ring is 1. The number of nitrogens with two attached hydrogens (primary N) is 1. The lowest BCUT2D eigenvalue weighted by molar-refractivity contribution is 0.0523. The topological polar surface area (TPSA) is 75.3 Å². The Balaban J connectivity index is 1.42. The van der Waals surface area contributed by atoms with E-state index in [-0.39, 0.29) is 11.9 Å². The van der Waals surface area contributed by atoms with Crippen LogP contribution in [0.1, 0.15) is 42.5 Å². The zero-order valence-corrected chi connectivity index (χ0v) is 15.7. The molecule has 4 rings (SSSR count). The van der Waals surface area contributed by atoms with Crippen LogP contribution in [0.25, 0.3) is 11.3 Å². The van der Waals surface area contributed by atoms with Gasteiger partial charge in [-0.05, 0) is 31.0 Å². The first-order valence-corrected chi connectivity index (χ1v) is 9.93. The molecule has 0 unspecified atom stereocenters. The van der Waals surface area contributed by atoms with Crippen molar-refractivity contribution < 1.29 is 4.79 Å². The number of hydrogen-bond donors (Lipinski definition) is 1. The van der Waals surface area contributed by atoms with Gasteiger partial charge in [0.1, 0.15) is 0 Å². The Morgan fingerprint density at radius 2 is 1.81 bits per heavy atom. The van der Waals surface area contributed by atoms with E-state index in [9.17, 15) is 4.79 Å². The van der Waals surface area contributed by atoms with Crippen molar-refractivity contribution >= 4 is 11.9 Å². The Bertz CT molecular complexity index is 795. The van der Waals surface area contributed by atoms with E-state index in [1.165, 1.54) is 32.1 Å². The van der Waals surface area contributed by atoms with Gasteiger partial charge >= 0.3 is 0 Å². The van der Waals surface area contributed by atoms with Crippen molar-refractivity contribution in [1.82, 2.24) is 19.8 Å².